The molecule has 0 radical (unpaired) electrons. The number of aliphatic hydroxyl groups is 1. The Labute approximate surface area is 156 Å². The van der Waals surface area contributed by atoms with E-state index in [1.54, 1.807) is 0 Å². The summed E-state index contributed by atoms with van der Waals surface area (Å²) in [6.45, 7) is 9.14. The lowest BCUT2D eigenvalue weighted by atomic mass is 9.48. The smallest absolute Gasteiger partial charge is 0.227 e. The third-order valence-corrected chi connectivity index (χ3v) is 7.20. The predicted molar refractivity (Wildman–Crippen MR) is 100 cm³/mol. The highest BCUT2D eigenvalue weighted by atomic mass is 16.5. The van der Waals surface area contributed by atoms with Crippen LogP contribution in [0.2, 0.25) is 0 Å². The van der Waals surface area contributed by atoms with E-state index in [0.29, 0.717) is 12.3 Å². The Bertz CT molecular complexity index is 737. The van der Waals surface area contributed by atoms with Gasteiger partial charge < -0.3 is 9.84 Å². The van der Waals surface area contributed by atoms with Crippen molar-refractivity contribution in [2.75, 3.05) is 7.11 Å². The molecule has 0 heterocycles. The number of ether oxygens (including phenoxy) is 1. The molecule has 3 atom stereocenters. The number of hydrogen-bond acceptors (Lipinski definition) is 4. The summed E-state index contributed by atoms with van der Waals surface area (Å²) in [4.78, 5) is 24.8. The van der Waals surface area contributed by atoms with Crippen LogP contribution in [0.15, 0.2) is 34.8 Å². The fourth-order valence-corrected chi connectivity index (χ4v) is 5.73. The monoisotopic (exact) mass is 358 g/mol. The number of Topliss-reactive ketones (excluding diaryl/α,β-unsaturated/α-hetero) is 1. The van der Waals surface area contributed by atoms with E-state index in [2.05, 4.69) is 33.8 Å². The summed E-state index contributed by atoms with van der Waals surface area (Å²) in [7, 11) is 1.38. The van der Waals surface area contributed by atoms with Crippen LogP contribution >= 0.6 is 0 Å². The molecular weight excluding hydrogens is 328 g/mol. The largest absolute Gasteiger partial charge is 0.504 e. The van der Waals surface area contributed by atoms with Crippen molar-refractivity contribution >= 4 is 11.6 Å². The molecule has 142 valence electrons. The SMILES string of the molecule is COC1=CC(=O)C(O)=C(C[C@H]2C(C)=CC[C@H]3C(C)(C)CCC[C@]23C)C1=O. The standard InChI is InChI=1S/C22H30O4/c1-13-7-8-18-21(2,3)9-6-10-22(18,4)15(13)11-14-19(24)16(23)12-17(26-5)20(14)25/h7,12,15,18,24H,6,8-11H2,1-5H3/t15-,18-,22+/m0/s1. The van der Waals surface area contributed by atoms with Crippen molar-refractivity contribution in [3.63, 3.8) is 0 Å². The Morgan fingerprint density at radius 2 is 1.92 bits per heavy atom. The van der Waals surface area contributed by atoms with Gasteiger partial charge in [0.25, 0.3) is 0 Å². The number of carbonyl (C=O) groups is 2. The normalized spacial score (nSPS) is 34.2. The molecule has 1 N–H and O–H groups in total. The van der Waals surface area contributed by atoms with E-state index in [1.807, 2.05) is 0 Å². The molecule has 1 saturated carbocycles. The van der Waals surface area contributed by atoms with Crippen molar-refractivity contribution in [3.8, 4) is 0 Å². The van der Waals surface area contributed by atoms with Crippen molar-refractivity contribution in [1.82, 2.24) is 0 Å². The number of methoxy groups -OCH3 is 1. The first-order valence-corrected chi connectivity index (χ1v) is 9.55. The highest BCUT2D eigenvalue weighted by Crippen LogP contribution is 2.60. The summed E-state index contributed by atoms with van der Waals surface area (Å²) < 4.78 is 5.06. The molecule has 4 nitrogen and oxygen atoms in total. The van der Waals surface area contributed by atoms with Gasteiger partial charge in [-0.3, -0.25) is 9.59 Å². The van der Waals surface area contributed by atoms with Gasteiger partial charge in [-0.2, -0.15) is 0 Å². The molecule has 4 heteroatoms. The minimum atomic E-state index is -0.542. The molecule has 0 aromatic rings. The van der Waals surface area contributed by atoms with Crippen LogP contribution in [0.3, 0.4) is 0 Å². The van der Waals surface area contributed by atoms with E-state index >= 15 is 0 Å². The Kier molecular flexibility index (Phi) is 4.66. The van der Waals surface area contributed by atoms with E-state index in [0.717, 1.165) is 18.9 Å². The van der Waals surface area contributed by atoms with Gasteiger partial charge in [0.2, 0.25) is 11.6 Å². The van der Waals surface area contributed by atoms with Gasteiger partial charge in [0.05, 0.1) is 7.11 Å². The van der Waals surface area contributed by atoms with E-state index < -0.39 is 11.5 Å². The molecule has 0 unspecified atom stereocenters. The van der Waals surface area contributed by atoms with Gasteiger partial charge in [-0.05, 0) is 55.3 Å². The van der Waals surface area contributed by atoms with Crippen LogP contribution < -0.4 is 0 Å². The van der Waals surface area contributed by atoms with Crippen LogP contribution in [0.5, 0.6) is 0 Å². The van der Waals surface area contributed by atoms with Crippen LogP contribution in [0, 0.1) is 22.7 Å². The number of rotatable bonds is 3. The molecule has 3 aliphatic rings. The second-order valence-electron chi connectivity index (χ2n) is 9.07. The summed E-state index contributed by atoms with van der Waals surface area (Å²) in [6, 6.07) is 0. The summed E-state index contributed by atoms with van der Waals surface area (Å²) >= 11 is 0. The maximum absolute atomic E-state index is 12.7. The molecule has 1 fully saturated rings. The number of allylic oxidation sites excluding steroid dienone is 4. The first kappa shape index (κ1) is 18.9. The number of fused-ring (bicyclic) bond motifs is 1. The third kappa shape index (κ3) is 2.83. The molecule has 26 heavy (non-hydrogen) atoms. The van der Waals surface area contributed by atoms with Crippen LogP contribution in [0.25, 0.3) is 0 Å². The van der Waals surface area contributed by atoms with Gasteiger partial charge in [0, 0.05) is 11.6 Å². The van der Waals surface area contributed by atoms with Gasteiger partial charge in [0.15, 0.2) is 11.5 Å². The topological polar surface area (TPSA) is 63.6 Å². The zero-order chi connectivity index (χ0) is 19.3. The number of aliphatic hydroxyl groups excluding tert-OH is 1. The van der Waals surface area contributed by atoms with E-state index in [1.165, 1.54) is 25.5 Å². The first-order valence-electron chi connectivity index (χ1n) is 9.55. The molecule has 0 spiro atoms. The highest BCUT2D eigenvalue weighted by molar-refractivity contribution is 6.20. The van der Waals surface area contributed by atoms with Crippen molar-refractivity contribution in [3.05, 3.63) is 34.8 Å². The lowest BCUT2D eigenvalue weighted by Crippen LogP contribution is -2.48. The number of hydrogen-bond donors (Lipinski definition) is 1. The predicted octanol–water partition coefficient (Wildman–Crippen LogP) is 4.67. The average Bonchev–Trinajstić information content (AvgIpc) is 2.56. The molecule has 0 aromatic carbocycles. The molecule has 0 aliphatic heterocycles. The minimum Gasteiger partial charge on any atom is -0.504 e. The van der Waals surface area contributed by atoms with Crippen molar-refractivity contribution in [2.45, 2.75) is 59.8 Å². The fraction of sp³-hybridized carbons (Fsp3) is 0.636. The molecule has 0 bridgehead atoms. The first-order chi connectivity index (χ1) is 12.1. The Morgan fingerprint density at radius 1 is 1.23 bits per heavy atom. The number of carbonyl (C=O) groups excluding carboxylic acids is 2. The van der Waals surface area contributed by atoms with E-state index in [-0.39, 0.29) is 33.9 Å². The number of ketones is 2. The van der Waals surface area contributed by atoms with Gasteiger partial charge in [-0.15, -0.1) is 0 Å². The maximum Gasteiger partial charge on any atom is 0.227 e. The Morgan fingerprint density at radius 3 is 2.58 bits per heavy atom. The van der Waals surface area contributed by atoms with Crippen LogP contribution in [-0.2, 0) is 14.3 Å². The molecule has 0 aromatic heterocycles. The Balaban J connectivity index is 1.99. The van der Waals surface area contributed by atoms with Crippen LogP contribution in [0.4, 0.5) is 0 Å². The lowest BCUT2D eigenvalue weighted by Gasteiger charge is -2.57. The van der Waals surface area contributed by atoms with Gasteiger partial charge >= 0.3 is 0 Å². The van der Waals surface area contributed by atoms with Crippen LogP contribution in [0.1, 0.15) is 59.8 Å². The van der Waals surface area contributed by atoms with Gasteiger partial charge in [0.1, 0.15) is 0 Å². The second-order valence-corrected chi connectivity index (χ2v) is 9.07. The summed E-state index contributed by atoms with van der Waals surface area (Å²) in [5.74, 6) is -0.619. The summed E-state index contributed by atoms with van der Waals surface area (Å²) in [5.41, 5.74) is 1.78. The van der Waals surface area contributed by atoms with Crippen molar-refractivity contribution < 1.29 is 19.4 Å². The molecule has 3 rings (SSSR count). The zero-order valence-electron chi connectivity index (χ0n) is 16.5. The summed E-state index contributed by atoms with van der Waals surface area (Å²) in [5, 5.41) is 10.3. The van der Waals surface area contributed by atoms with Crippen molar-refractivity contribution in [1.29, 1.82) is 0 Å². The molecule has 0 amide bonds. The van der Waals surface area contributed by atoms with Gasteiger partial charge in [-0.25, -0.2) is 0 Å². The maximum atomic E-state index is 12.7. The molecular formula is C22H30O4. The Hall–Kier alpha value is -1.84. The second kappa shape index (κ2) is 6.40. The third-order valence-electron chi connectivity index (χ3n) is 7.20. The lowest BCUT2D eigenvalue weighted by molar-refractivity contribution is -0.120. The van der Waals surface area contributed by atoms with E-state index in [9.17, 15) is 14.7 Å². The minimum absolute atomic E-state index is 0.0194. The summed E-state index contributed by atoms with van der Waals surface area (Å²) in [6.07, 6.45) is 8.33. The van der Waals surface area contributed by atoms with E-state index in [4.69, 9.17) is 4.74 Å². The van der Waals surface area contributed by atoms with Crippen molar-refractivity contribution in [2.24, 2.45) is 22.7 Å². The quantitative estimate of drug-likeness (QED) is 0.588. The molecule has 0 saturated heterocycles. The highest BCUT2D eigenvalue weighted by Gasteiger charge is 2.52. The van der Waals surface area contributed by atoms with Gasteiger partial charge in [-0.1, -0.05) is 38.8 Å². The molecule has 3 aliphatic carbocycles. The fourth-order valence-electron chi connectivity index (χ4n) is 5.73. The van der Waals surface area contributed by atoms with Crippen LogP contribution in [-0.4, -0.2) is 23.8 Å². The zero-order valence-corrected chi connectivity index (χ0v) is 16.5. The average molecular weight is 358 g/mol.